The highest BCUT2D eigenvalue weighted by Gasteiger charge is 2.18. The van der Waals surface area contributed by atoms with Gasteiger partial charge in [0.2, 0.25) is 5.91 Å². The molecule has 0 aliphatic carbocycles. The molecule has 0 aromatic heterocycles. The molecule has 28 heavy (non-hydrogen) atoms. The molecule has 148 valence electrons. The third kappa shape index (κ3) is 5.97. The number of hydrogen-bond donors (Lipinski definition) is 1. The second kappa shape index (κ2) is 10.1. The molecule has 3 rings (SSSR count). The van der Waals surface area contributed by atoms with Crippen LogP contribution in [0.3, 0.4) is 0 Å². The van der Waals surface area contributed by atoms with Crippen LogP contribution in [-0.4, -0.2) is 49.6 Å². The molecule has 0 atom stereocenters. The molecule has 2 aromatic rings. The molecule has 0 unspecified atom stereocenters. The van der Waals surface area contributed by atoms with Gasteiger partial charge in [-0.1, -0.05) is 11.6 Å². The van der Waals surface area contributed by atoms with Gasteiger partial charge >= 0.3 is 0 Å². The van der Waals surface area contributed by atoms with Gasteiger partial charge in [0.1, 0.15) is 5.75 Å². The normalized spacial score (nSPS) is 13.8. The number of benzene rings is 2. The van der Waals surface area contributed by atoms with Gasteiger partial charge in [-0.2, -0.15) is 0 Å². The Labute approximate surface area is 169 Å². The summed E-state index contributed by atoms with van der Waals surface area (Å²) in [5.41, 5.74) is 1.28. The number of anilines is 1. The molecule has 0 bridgehead atoms. The van der Waals surface area contributed by atoms with Crippen LogP contribution in [0.25, 0.3) is 0 Å². The molecule has 2 amide bonds. The highest BCUT2D eigenvalue weighted by Crippen LogP contribution is 2.16. The van der Waals surface area contributed by atoms with Crippen LogP contribution in [0.1, 0.15) is 23.2 Å². The van der Waals surface area contributed by atoms with Crippen LogP contribution < -0.4 is 10.1 Å². The van der Waals surface area contributed by atoms with Gasteiger partial charge < -0.3 is 19.7 Å². The second-order valence-corrected chi connectivity index (χ2v) is 6.87. The number of carbonyl (C=O) groups is 2. The average Bonchev–Trinajstić information content (AvgIpc) is 2.73. The molecule has 0 saturated carbocycles. The summed E-state index contributed by atoms with van der Waals surface area (Å²) in [6, 6.07) is 14.1. The van der Waals surface area contributed by atoms with E-state index in [0.717, 1.165) is 5.75 Å². The molecule has 1 aliphatic heterocycles. The topological polar surface area (TPSA) is 67.9 Å². The molecule has 2 aromatic carbocycles. The lowest BCUT2D eigenvalue weighted by Gasteiger charge is -2.26. The first-order valence-electron chi connectivity index (χ1n) is 9.27. The van der Waals surface area contributed by atoms with Crippen molar-refractivity contribution in [3.8, 4) is 5.75 Å². The first kappa shape index (κ1) is 20.2. The van der Waals surface area contributed by atoms with Gasteiger partial charge in [-0.15, -0.1) is 0 Å². The number of rotatable bonds is 7. The maximum atomic E-state index is 12.4. The van der Waals surface area contributed by atoms with Gasteiger partial charge in [0.05, 0.1) is 19.8 Å². The van der Waals surface area contributed by atoms with Crippen LogP contribution in [0.15, 0.2) is 48.5 Å². The molecule has 6 nitrogen and oxygen atoms in total. The van der Waals surface area contributed by atoms with Gasteiger partial charge in [0.25, 0.3) is 5.91 Å². The van der Waals surface area contributed by atoms with Crippen molar-refractivity contribution in [3.63, 3.8) is 0 Å². The molecule has 1 N–H and O–H groups in total. The van der Waals surface area contributed by atoms with Crippen LogP contribution in [0.5, 0.6) is 5.75 Å². The number of hydrogen-bond acceptors (Lipinski definition) is 4. The van der Waals surface area contributed by atoms with E-state index in [0.29, 0.717) is 62.0 Å². The minimum Gasteiger partial charge on any atom is -0.494 e. The monoisotopic (exact) mass is 402 g/mol. The summed E-state index contributed by atoms with van der Waals surface area (Å²) in [7, 11) is 0. The molecule has 1 heterocycles. The van der Waals surface area contributed by atoms with E-state index in [-0.39, 0.29) is 11.8 Å². The summed E-state index contributed by atoms with van der Waals surface area (Å²) in [4.78, 5) is 26.2. The lowest BCUT2D eigenvalue weighted by atomic mass is 10.1. The van der Waals surface area contributed by atoms with E-state index in [4.69, 9.17) is 21.1 Å². The fourth-order valence-electron chi connectivity index (χ4n) is 2.82. The van der Waals surface area contributed by atoms with Gasteiger partial charge in [-0.25, -0.2) is 0 Å². The van der Waals surface area contributed by atoms with E-state index >= 15 is 0 Å². The Balaban J connectivity index is 1.40. The van der Waals surface area contributed by atoms with E-state index in [2.05, 4.69) is 5.32 Å². The number of nitrogens with one attached hydrogen (secondary N) is 1. The van der Waals surface area contributed by atoms with Crippen LogP contribution in [-0.2, 0) is 9.53 Å². The number of carbonyl (C=O) groups excluding carboxylic acids is 2. The second-order valence-electron chi connectivity index (χ2n) is 6.44. The zero-order chi connectivity index (χ0) is 19.8. The Bertz CT molecular complexity index is 787. The summed E-state index contributed by atoms with van der Waals surface area (Å²) >= 11 is 5.82. The molecule has 1 saturated heterocycles. The Hall–Kier alpha value is -2.57. The minimum atomic E-state index is -0.0908. The molecular formula is C21H23ClN2O4. The molecule has 0 spiro atoms. The SMILES string of the molecule is O=C(CCCOc1ccc(Cl)cc1)Nc1ccc(C(=O)N2CCOCC2)cc1. The van der Waals surface area contributed by atoms with Crippen molar-refractivity contribution < 1.29 is 19.1 Å². The van der Waals surface area contributed by atoms with Crippen molar-refractivity contribution in [1.82, 2.24) is 4.90 Å². The van der Waals surface area contributed by atoms with Crippen molar-refractivity contribution >= 4 is 29.1 Å². The lowest BCUT2D eigenvalue weighted by Crippen LogP contribution is -2.40. The lowest BCUT2D eigenvalue weighted by molar-refractivity contribution is -0.116. The van der Waals surface area contributed by atoms with Gasteiger partial charge in [-0.05, 0) is 55.0 Å². The van der Waals surface area contributed by atoms with Crippen LogP contribution >= 0.6 is 11.6 Å². The Morgan fingerprint density at radius 1 is 1.04 bits per heavy atom. The number of nitrogens with zero attached hydrogens (tertiary/aromatic N) is 1. The fourth-order valence-corrected chi connectivity index (χ4v) is 2.95. The summed E-state index contributed by atoms with van der Waals surface area (Å²) in [5.74, 6) is 0.623. The van der Waals surface area contributed by atoms with E-state index in [9.17, 15) is 9.59 Å². The maximum Gasteiger partial charge on any atom is 0.254 e. The number of ether oxygens (including phenoxy) is 2. The van der Waals surface area contributed by atoms with Crippen molar-refractivity contribution in [2.45, 2.75) is 12.8 Å². The predicted octanol–water partition coefficient (Wildman–Crippen LogP) is 3.61. The third-order valence-corrected chi connectivity index (χ3v) is 4.60. The van der Waals surface area contributed by atoms with Crippen LogP contribution in [0.4, 0.5) is 5.69 Å². The van der Waals surface area contributed by atoms with Crippen molar-refractivity contribution in [2.75, 3.05) is 38.2 Å². The van der Waals surface area contributed by atoms with Crippen molar-refractivity contribution in [3.05, 3.63) is 59.1 Å². The molecule has 7 heteroatoms. The Kier molecular flexibility index (Phi) is 7.28. The number of halogens is 1. The average molecular weight is 403 g/mol. The largest absolute Gasteiger partial charge is 0.494 e. The minimum absolute atomic E-state index is 0.0134. The third-order valence-electron chi connectivity index (χ3n) is 4.34. The standard InChI is InChI=1S/C21H23ClN2O4/c22-17-5-9-19(10-6-17)28-13-1-2-20(25)23-18-7-3-16(4-8-18)21(26)24-11-14-27-15-12-24/h3-10H,1-2,11-15H2,(H,23,25). The zero-order valence-corrected chi connectivity index (χ0v) is 16.3. The Morgan fingerprint density at radius 2 is 1.71 bits per heavy atom. The van der Waals surface area contributed by atoms with Crippen molar-refractivity contribution in [2.24, 2.45) is 0 Å². The highest BCUT2D eigenvalue weighted by atomic mass is 35.5. The van der Waals surface area contributed by atoms with E-state index in [1.165, 1.54) is 0 Å². The van der Waals surface area contributed by atoms with Crippen molar-refractivity contribution in [1.29, 1.82) is 0 Å². The van der Waals surface area contributed by atoms with Gasteiger partial charge in [0.15, 0.2) is 0 Å². The predicted molar refractivity (Wildman–Crippen MR) is 108 cm³/mol. The van der Waals surface area contributed by atoms with E-state index in [1.54, 1.807) is 53.4 Å². The molecule has 1 aliphatic rings. The summed E-state index contributed by atoms with van der Waals surface area (Å²) < 4.78 is 10.8. The van der Waals surface area contributed by atoms with Gasteiger partial charge in [-0.3, -0.25) is 9.59 Å². The quantitative estimate of drug-likeness (QED) is 0.718. The first-order chi connectivity index (χ1) is 13.6. The van der Waals surface area contributed by atoms with Crippen LogP contribution in [0.2, 0.25) is 5.02 Å². The van der Waals surface area contributed by atoms with E-state index < -0.39 is 0 Å². The first-order valence-corrected chi connectivity index (χ1v) is 9.65. The molecule has 1 fully saturated rings. The zero-order valence-electron chi connectivity index (χ0n) is 15.5. The summed E-state index contributed by atoms with van der Waals surface area (Å²) in [5, 5.41) is 3.49. The smallest absolute Gasteiger partial charge is 0.254 e. The number of morpholine rings is 1. The number of amides is 2. The highest BCUT2D eigenvalue weighted by molar-refractivity contribution is 6.30. The van der Waals surface area contributed by atoms with Gasteiger partial charge in [0, 0.05) is 35.8 Å². The maximum absolute atomic E-state index is 12.4. The summed E-state index contributed by atoms with van der Waals surface area (Å²) in [6.07, 6.45) is 0.949. The van der Waals surface area contributed by atoms with Crippen LogP contribution in [0, 0.1) is 0 Å². The van der Waals surface area contributed by atoms with E-state index in [1.807, 2.05) is 0 Å². The molecular weight excluding hydrogens is 380 g/mol. The summed E-state index contributed by atoms with van der Waals surface area (Å²) in [6.45, 7) is 2.80. The Morgan fingerprint density at radius 3 is 2.39 bits per heavy atom. The molecule has 0 radical (unpaired) electrons. The fraction of sp³-hybridized carbons (Fsp3) is 0.333.